The molecule has 0 radical (unpaired) electrons. The number of hydrogen-bond donors (Lipinski definition) is 1. The van der Waals surface area contributed by atoms with Gasteiger partial charge in [-0.05, 0) is 32.4 Å². The molecule has 1 aliphatic heterocycles. The van der Waals surface area contributed by atoms with Gasteiger partial charge in [-0.15, -0.1) is 17.0 Å². The molecule has 1 saturated heterocycles. The minimum Gasteiger partial charge on any atom is -0.317 e. The van der Waals surface area contributed by atoms with E-state index in [1.54, 1.807) is 0 Å². The maximum absolute atomic E-state index is 3.28. The van der Waals surface area contributed by atoms with Crippen LogP contribution in [0.5, 0.6) is 0 Å². The van der Waals surface area contributed by atoms with Crippen molar-refractivity contribution in [2.24, 2.45) is 0 Å². The molecule has 0 spiro atoms. The third-order valence-corrected chi connectivity index (χ3v) is 2.19. The Bertz CT molecular complexity index is 42.5. The van der Waals surface area contributed by atoms with Crippen LogP contribution in [0.15, 0.2) is 0 Å². The van der Waals surface area contributed by atoms with E-state index in [0.29, 0.717) is 0 Å². The smallest absolute Gasteiger partial charge is 0.00286 e. The van der Waals surface area contributed by atoms with E-state index >= 15 is 0 Å². The molecule has 0 aliphatic carbocycles. The zero-order chi connectivity index (χ0) is 7.66. The van der Waals surface area contributed by atoms with Crippen molar-refractivity contribution in [1.82, 2.24) is 5.32 Å². The largest absolute Gasteiger partial charge is 0.317 e. The van der Waals surface area contributed by atoms with Crippen LogP contribution < -0.4 is 5.32 Å². The van der Waals surface area contributed by atoms with Gasteiger partial charge in [0.15, 0.2) is 0 Å². The molecule has 0 amide bonds. The number of alkyl halides is 1. The Morgan fingerprint density at radius 3 is 1.73 bits per heavy atom. The van der Waals surface area contributed by atoms with Gasteiger partial charge in [0.2, 0.25) is 0 Å². The molecule has 1 fully saturated rings. The summed E-state index contributed by atoms with van der Waals surface area (Å²) < 4.78 is 0. The summed E-state index contributed by atoms with van der Waals surface area (Å²) in [7, 11) is 0. The summed E-state index contributed by atoms with van der Waals surface area (Å²) in [4.78, 5) is 0. The number of rotatable bonds is 1. The lowest BCUT2D eigenvalue weighted by Crippen LogP contribution is -2.21. The van der Waals surface area contributed by atoms with Gasteiger partial charge in [0, 0.05) is 5.33 Å². The van der Waals surface area contributed by atoms with E-state index in [0.717, 1.165) is 5.33 Å². The van der Waals surface area contributed by atoms with Crippen LogP contribution in [0.25, 0.3) is 0 Å². The van der Waals surface area contributed by atoms with Gasteiger partial charge in [-0.1, -0.05) is 29.3 Å². The van der Waals surface area contributed by atoms with Gasteiger partial charge in [0.1, 0.15) is 0 Å². The fraction of sp³-hybridized carbons (Fsp3) is 1.00. The second-order valence-corrected chi connectivity index (χ2v) is 3.29. The molecule has 0 bridgehead atoms. The molecular weight excluding hydrogens is 270 g/mol. The SMILES string of the molecule is Br.C1CCNCC1.CCCBr. The third kappa shape index (κ3) is 13.9. The van der Waals surface area contributed by atoms with Crippen LogP contribution in [0.1, 0.15) is 32.6 Å². The predicted octanol–water partition coefficient (Wildman–Crippen LogP) is 3.13. The lowest BCUT2D eigenvalue weighted by atomic mass is 10.2. The fourth-order valence-corrected chi connectivity index (χ4v) is 0.802. The highest BCUT2D eigenvalue weighted by Gasteiger charge is 1.93. The van der Waals surface area contributed by atoms with E-state index in [1.807, 2.05) is 0 Å². The van der Waals surface area contributed by atoms with E-state index in [4.69, 9.17) is 0 Å². The molecule has 0 unspecified atom stereocenters. The number of hydrogen-bond acceptors (Lipinski definition) is 1. The predicted molar refractivity (Wildman–Crippen MR) is 61.1 cm³/mol. The molecule has 1 aliphatic rings. The molecule has 0 saturated carbocycles. The fourth-order valence-electron chi connectivity index (χ4n) is 0.802. The van der Waals surface area contributed by atoms with Gasteiger partial charge >= 0.3 is 0 Å². The van der Waals surface area contributed by atoms with Gasteiger partial charge in [-0.25, -0.2) is 0 Å². The molecule has 0 aromatic heterocycles. The van der Waals surface area contributed by atoms with Crippen molar-refractivity contribution in [1.29, 1.82) is 0 Å². The molecule has 0 aromatic carbocycles. The molecule has 1 rings (SSSR count). The number of piperidine rings is 1. The quantitative estimate of drug-likeness (QED) is 0.731. The molecular formula is C8H19Br2N. The second kappa shape index (κ2) is 13.5. The van der Waals surface area contributed by atoms with Crippen LogP contribution in [-0.4, -0.2) is 18.4 Å². The lowest BCUT2D eigenvalue weighted by Gasteiger charge is -2.08. The normalized spacial score (nSPS) is 15.8. The van der Waals surface area contributed by atoms with Crippen LogP contribution >= 0.6 is 32.9 Å². The van der Waals surface area contributed by atoms with Crippen molar-refractivity contribution in [3.63, 3.8) is 0 Å². The molecule has 1 heterocycles. The highest BCUT2D eigenvalue weighted by molar-refractivity contribution is 9.09. The van der Waals surface area contributed by atoms with Crippen molar-refractivity contribution in [3.05, 3.63) is 0 Å². The summed E-state index contributed by atoms with van der Waals surface area (Å²) in [5.41, 5.74) is 0. The number of halogens is 2. The monoisotopic (exact) mass is 287 g/mol. The molecule has 11 heavy (non-hydrogen) atoms. The van der Waals surface area contributed by atoms with Crippen molar-refractivity contribution in [2.75, 3.05) is 18.4 Å². The maximum Gasteiger partial charge on any atom is 0.00286 e. The topological polar surface area (TPSA) is 12.0 Å². The molecule has 0 atom stereocenters. The van der Waals surface area contributed by atoms with Crippen molar-refractivity contribution >= 4 is 32.9 Å². The van der Waals surface area contributed by atoms with Crippen LogP contribution in [0.4, 0.5) is 0 Å². The molecule has 0 aromatic rings. The zero-order valence-electron chi connectivity index (χ0n) is 7.24. The molecule has 1 nitrogen and oxygen atoms in total. The number of nitrogens with one attached hydrogen (secondary N) is 1. The van der Waals surface area contributed by atoms with E-state index in [2.05, 4.69) is 28.2 Å². The summed E-state index contributed by atoms with van der Waals surface area (Å²) in [5.74, 6) is 0. The van der Waals surface area contributed by atoms with Gasteiger partial charge < -0.3 is 5.32 Å². The van der Waals surface area contributed by atoms with E-state index in [9.17, 15) is 0 Å². The van der Waals surface area contributed by atoms with Gasteiger partial charge in [0.25, 0.3) is 0 Å². The zero-order valence-corrected chi connectivity index (χ0v) is 10.5. The average Bonchev–Trinajstić information content (AvgIpc) is 2.08. The van der Waals surface area contributed by atoms with E-state index in [-0.39, 0.29) is 17.0 Å². The lowest BCUT2D eigenvalue weighted by molar-refractivity contribution is 0.520. The van der Waals surface area contributed by atoms with E-state index in [1.165, 1.54) is 38.8 Å². The second-order valence-electron chi connectivity index (χ2n) is 2.50. The van der Waals surface area contributed by atoms with Gasteiger partial charge in [0.05, 0.1) is 0 Å². The summed E-state index contributed by atoms with van der Waals surface area (Å²) in [6.07, 6.45) is 5.45. The van der Waals surface area contributed by atoms with Crippen molar-refractivity contribution < 1.29 is 0 Å². The Kier molecular flexibility index (Phi) is 17.7. The maximum atomic E-state index is 3.28. The minimum atomic E-state index is 0. The first-order valence-electron chi connectivity index (χ1n) is 4.18. The Balaban J connectivity index is 0. The van der Waals surface area contributed by atoms with Crippen LogP contribution in [0, 0.1) is 0 Å². The van der Waals surface area contributed by atoms with Crippen LogP contribution in [0.2, 0.25) is 0 Å². The van der Waals surface area contributed by atoms with Gasteiger partial charge in [-0.2, -0.15) is 0 Å². The van der Waals surface area contributed by atoms with Crippen molar-refractivity contribution in [3.8, 4) is 0 Å². The Hall–Kier alpha value is 0.920. The van der Waals surface area contributed by atoms with E-state index < -0.39 is 0 Å². The van der Waals surface area contributed by atoms with Crippen LogP contribution in [0.3, 0.4) is 0 Å². The first kappa shape index (κ1) is 14.4. The van der Waals surface area contributed by atoms with Crippen molar-refractivity contribution in [2.45, 2.75) is 32.6 Å². The Morgan fingerprint density at radius 1 is 1.18 bits per heavy atom. The Labute approximate surface area is 89.2 Å². The first-order chi connectivity index (χ1) is 4.91. The standard InChI is InChI=1S/C5H11N.C3H7Br.BrH/c1-2-4-6-5-3-1;1-2-3-4;/h6H,1-5H2;2-3H2,1H3;1H. The molecule has 1 N–H and O–H groups in total. The Morgan fingerprint density at radius 2 is 1.64 bits per heavy atom. The minimum absolute atomic E-state index is 0. The van der Waals surface area contributed by atoms with Gasteiger partial charge in [-0.3, -0.25) is 0 Å². The average molecular weight is 289 g/mol. The van der Waals surface area contributed by atoms with Crippen LogP contribution in [-0.2, 0) is 0 Å². The highest BCUT2D eigenvalue weighted by atomic mass is 79.9. The third-order valence-electron chi connectivity index (χ3n) is 1.40. The highest BCUT2D eigenvalue weighted by Crippen LogP contribution is 1.96. The first-order valence-corrected chi connectivity index (χ1v) is 5.30. The molecule has 70 valence electrons. The summed E-state index contributed by atoms with van der Waals surface area (Å²) in [6.45, 7) is 4.63. The summed E-state index contributed by atoms with van der Waals surface area (Å²) in [5, 5.41) is 4.42. The molecule has 3 heteroatoms. The summed E-state index contributed by atoms with van der Waals surface area (Å²) in [6, 6.07) is 0. The summed E-state index contributed by atoms with van der Waals surface area (Å²) >= 11 is 3.25.